The summed E-state index contributed by atoms with van der Waals surface area (Å²) in [7, 11) is 3.55. The van der Waals surface area contributed by atoms with Crippen molar-refractivity contribution in [3.05, 3.63) is 23.5 Å². The van der Waals surface area contributed by atoms with Crippen LogP contribution in [0.25, 0.3) is 0 Å². The van der Waals surface area contributed by atoms with Crippen LogP contribution >= 0.6 is 0 Å². The van der Waals surface area contributed by atoms with Gasteiger partial charge in [-0.3, -0.25) is 4.90 Å². The van der Waals surface area contributed by atoms with Crippen LogP contribution in [-0.2, 0) is 11.3 Å². The van der Waals surface area contributed by atoms with Gasteiger partial charge >= 0.3 is 5.97 Å². The molecule has 0 saturated carbocycles. The number of hydrogen-bond donors (Lipinski definition) is 2. The van der Waals surface area contributed by atoms with Crippen LogP contribution in [0, 0.1) is 0 Å². The molecule has 0 spiro atoms. The molecule has 0 bridgehead atoms. The Morgan fingerprint density at radius 1 is 1.35 bits per heavy atom. The monoisotopic (exact) mass is 280 g/mol. The van der Waals surface area contributed by atoms with Crippen LogP contribution in [0.5, 0.6) is 0 Å². The fourth-order valence-corrected chi connectivity index (χ4v) is 2.30. The largest absolute Gasteiger partial charge is 0.464 e. The Morgan fingerprint density at radius 2 is 2.10 bits per heavy atom. The SMILES string of the molecule is COC(=O)c1ccc(CNCCN2CCN(C)CC2)[nH]1. The molecule has 1 aromatic heterocycles. The number of aromatic nitrogens is 1. The minimum Gasteiger partial charge on any atom is -0.464 e. The molecular formula is C14H24N4O2. The van der Waals surface area contributed by atoms with Crippen molar-refractivity contribution in [3.8, 4) is 0 Å². The summed E-state index contributed by atoms with van der Waals surface area (Å²) < 4.78 is 4.66. The highest BCUT2D eigenvalue weighted by atomic mass is 16.5. The van der Waals surface area contributed by atoms with Crippen molar-refractivity contribution in [1.29, 1.82) is 0 Å². The Morgan fingerprint density at radius 3 is 2.80 bits per heavy atom. The molecule has 6 heteroatoms. The number of nitrogens with one attached hydrogen (secondary N) is 2. The van der Waals surface area contributed by atoms with E-state index in [0.717, 1.165) is 51.5 Å². The molecule has 0 atom stereocenters. The first-order valence-corrected chi connectivity index (χ1v) is 7.07. The van der Waals surface area contributed by atoms with Gasteiger partial charge in [-0.25, -0.2) is 4.79 Å². The molecule has 1 saturated heterocycles. The predicted octanol–water partition coefficient (Wildman–Crippen LogP) is 0.138. The number of H-pyrrole nitrogens is 1. The number of carbonyl (C=O) groups is 1. The number of piperazine rings is 1. The predicted molar refractivity (Wildman–Crippen MR) is 77.8 cm³/mol. The van der Waals surface area contributed by atoms with Crippen LogP contribution in [0.2, 0.25) is 0 Å². The van der Waals surface area contributed by atoms with Gasteiger partial charge in [-0.2, -0.15) is 0 Å². The lowest BCUT2D eigenvalue weighted by Crippen LogP contribution is -2.46. The van der Waals surface area contributed by atoms with Crippen LogP contribution in [-0.4, -0.2) is 74.2 Å². The summed E-state index contributed by atoms with van der Waals surface area (Å²) in [5.41, 5.74) is 1.51. The van der Waals surface area contributed by atoms with Crippen molar-refractivity contribution in [2.75, 3.05) is 53.4 Å². The summed E-state index contributed by atoms with van der Waals surface area (Å²) >= 11 is 0. The molecule has 20 heavy (non-hydrogen) atoms. The molecular weight excluding hydrogens is 256 g/mol. The first-order valence-electron chi connectivity index (χ1n) is 7.07. The lowest BCUT2D eigenvalue weighted by atomic mass is 10.3. The van der Waals surface area contributed by atoms with Gasteiger partial charge in [-0.15, -0.1) is 0 Å². The van der Waals surface area contributed by atoms with E-state index < -0.39 is 0 Å². The van der Waals surface area contributed by atoms with E-state index >= 15 is 0 Å². The number of esters is 1. The second-order valence-corrected chi connectivity index (χ2v) is 5.21. The number of rotatable bonds is 6. The number of methoxy groups -OCH3 is 1. The first kappa shape index (κ1) is 15.0. The Bertz CT molecular complexity index is 425. The van der Waals surface area contributed by atoms with Crippen molar-refractivity contribution >= 4 is 5.97 Å². The molecule has 0 unspecified atom stereocenters. The summed E-state index contributed by atoms with van der Waals surface area (Å²) in [5.74, 6) is -0.325. The molecule has 0 amide bonds. The fourth-order valence-electron chi connectivity index (χ4n) is 2.30. The Labute approximate surface area is 120 Å². The lowest BCUT2D eigenvalue weighted by molar-refractivity contribution is 0.0594. The van der Waals surface area contributed by atoms with E-state index in [-0.39, 0.29) is 5.97 Å². The maximum absolute atomic E-state index is 11.3. The van der Waals surface area contributed by atoms with Crippen molar-refractivity contribution in [2.24, 2.45) is 0 Å². The first-order chi connectivity index (χ1) is 9.69. The number of aromatic amines is 1. The smallest absolute Gasteiger partial charge is 0.354 e. The number of hydrogen-bond acceptors (Lipinski definition) is 5. The van der Waals surface area contributed by atoms with Crippen molar-refractivity contribution < 1.29 is 9.53 Å². The molecule has 2 N–H and O–H groups in total. The van der Waals surface area contributed by atoms with E-state index in [1.807, 2.05) is 6.07 Å². The third-order valence-electron chi connectivity index (χ3n) is 3.67. The molecule has 1 fully saturated rings. The molecule has 112 valence electrons. The minimum atomic E-state index is -0.325. The van der Waals surface area contributed by atoms with Crippen molar-refractivity contribution in [1.82, 2.24) is 20.1 Å². The quantitative estimate of drug-likeness (QED) is 0.573. The summed E-state index contributed by atoms with van der Waals surface area (Å²) in [4.78, 5) is 19.2. The van der Waals surface area contributed by atoms with Crippen molar-refractivity contribution in [2.45, 2.75) is 6.54 Å². The van der Waals surface area contributed by atoms with Crippen LogP contribution in [0.3, 0.4) is 0 Å². The van der Waals surface area contributed by atoms with E-state index in [4.69, 9.17) is 0 Å². The second-order valence-electron chi connectivity index (χ2n) is 5.21. The van der Waals surface area contributed by atoms with Crippen molar-refractivity contribution in [3.63, 3.8) is 0 Å². The molecule has 2 heterocycles. The maximum atomic E-state index is 11.3. The van der Waals surface area contributed by atoms with Gasteiger partial charge in [0, 0.05) is 51.5 Å². The summed E-state index contributed by atoms with van der Waals surface area (Å²) in [5, 5.41) is 3.39. The Balaban J connectivity index is 1.63. The van der Waals surface area contributed by atoms with Crippen LogP contribution < -0.4 is 5.32 Å². The molecule has 0 aliphatic carbocycles. The van der Waals surface area contributed by atoms with Gasteiger partial charge in [0.2, 0.25) is 0 Å². The molecule has 1 aliphatic rings. The highest BCUT2D eigenvalue weighted by Gasteiger charge is 2.12. The van der Waals surface area contributed by atoms with E-state index in [0.29, 0.717) is 5.69 Å². The molecule has 6 nitrogen and oxygen atoms in total. The zero-order valence-electron chi connectivity index (χ0n) is 12.3. The van der Waals surface area contributed by atoms with Gasteiger partial charge in [0.15, 0.2) is 0 Å². The van der Waals surface area contributed by atoms with Crippen LogP contribution in [0.15, 0.2) is 12.1 Å². The standard InChI is InChI=1S/C14H24N4O2/c1-17-7-9-18(10-8-17)6-5-15-11-12-3-4-13(16-12)14(19)20-2/h3-4,15-16H,5-11H2,1-2H3. The number of likely N-dealkylation sites (N-methyl/N-ethyl adjacent to an activating group) is 1. The molecule has 0 aromatic carbocycles. The summed E-state index contributed by atoms with van der Waals surface area (Å²) in [6, 6.07) is 3.67. The number of nitrogens with zero attached hydrogens (tertiary/aromatic N) is 2. The average Bonchev–Trinajstić information content (AvgIpc) is 2.93. The van der Waals surface area contributed by atoms with E-state index in [1.54, 1.807) is 6.07 Å². The summed E-state index contributed by atoms with van der Waals surface area (Å²) in [6.45, 7) is 7.36. The zero-order chi connectivity index (χ0) is 14.4. The van der Waals surface area contributed by atoms with E-state index in [2.05, 4.69) is 31.9 Å². The van der Waals surface area contributed by atoms with Gasteiger partial charge in [0.25, 0.3) is 0 Å². The highest BCUT2D eigenvalue weighted by molar-refractivity contribution is 5.87. The Kier molecular flexibility index (Phi) is 5.58. The number of carbonyl (C=O) groups excluding carboxylic acids is 1. The van der Waals surface area contributed by atoms with Gasteiger partial charge in [-0.1, -0.05) is 0 Å². The molecule has 1 aromatic rings. The highest BCUT2D eigenvalue weighted by Crippen LogP contribution is 2.03. The van der Waals surface area contributed by atoms with Crippen LogP contribution in [0.1, 0.15) is 16.2 Å². The van der Waals surface area contributed by atoms with Gasteiger partial charge in [0.05, 0.1) is 7.11 Å². The number of ether oxygens (including phenoxy) is 1. The minimum absolute atomic E-state index is 0.325. The Hall–Kier alpha value is -1.37. The third kappa shape index (κ3) is 4.33. The maximum Gasteiger partial charge on any atom is 0.354 e. The molecule has 0 radical (unpaired) electrons. The van der Waals surface area contributed by atoms with Crippen LogP contribution in [0.4, 0.5) is 0 Å². The lowest BCUT2D eigenvalue weighted by Gasteiger charge is -2.32. The zero-order valence-corrected chi connectivity index (χ0v) is 12.3. The van der Waals surface area contributed by atoms with E-state index in [9.17, 15) is 4.79 Å². The van der Waals surface area contributed by atoms with Gasteiger partial charge in [-0.05, 0) is 19.2 Å². The molecule has 1 aliphatic heterocycles. The normalized spacial score (nSPS) is 17.3. The van der Waals surface area contributed by atoms with E-state index in [1.165, 1.54) is 7.11 Å². The topological polar surface area (TPSA) is 60.6 Å². The van der Waals surface area contributed by atoms with Gasteiger partial charge < -0.3 is 19.9 Å². The second kappa shape index (κ2) is 7.42. The average molecular weight is 280 g/mol. The molecule has 2 rings (SSSR count). The fraction of sp³-hybridized carbons (Fsp3) is 0.643. The van der Waals surface area contributed by atoms with Gasteiger partial charge in [0.1, 0.15) is 5.69 Å². The third-order valence-corrected chi connectivity index (χ3v) is 3.67. The summed E-state index contributed by atoms with van der Waals surface area (Å²) in [6.07, 6.45) is 0.